The molecule has 1 amide bonds. The van der Waals surface area contributed by atoms with Gasteiger partial charge in [0.25, 0.3) is 0 Å². The topological polar surface area (TPSA) is 86.5 Å². The van der Waals surface area contributed by atoms with Gasteiger partial charge in [0, 0.05) is 49.0 Å². The number of halogens is 1. The van der Waals surface area contributed by atoms with E-state index >= 15 is 0 Å². The van der Waals surface area contributed by atoms with Gasteiger partial charge < -0.3 is 34.5 Å². The standard InChI is InChI=1S/C29H34ClN3O5/c1-35-25-9-8-19(14-26(25)36-2)21-17-28(38-4)27(37-3)15-20(21)16-29(34)33-12-10-32(11-13-33)24-7-5-6-23(30)22(24)18-31/h5-9,14-15,17H,10-13,16,18,31H2,1-4H3. The van der Waals surface area contributed by atoms with Crippen LogP contribution in [0.4, 0.5) is 5.69 Å². The third-order valence-electron chi connectivity index (χ3n) is 6.92. The number of amides is 1. The van der Waals surface area contributed by atoms with Crippen molar-refractivity contribution in [2.45, 2.75) is 13.0 Å². The van der Waals surface area contributed by atoms with Crippen LogP contribution >= 0.6 is 11.6 Å². The highest BCUT2D eigenvalue weighted by Crippen LogP contribution is 2.39. The second-order valence-corrected chi connectivity index (χ2v) is 9.33. The number of carbonyl (C=O) groups excluding carboxylic acids is 1. The molecule has 0 aliphatic carbocycles. The van der Waals surface area contributed by atoms with Gasteiger partial charge in [-0.25, -0.2) is 0 Å². The predicted octanol–water partition coefficient (Wildman–Crippen LogP) is 4.39. The van der Waals surface area contributed by atoms with E-state index in [1.54, 1.807) is 28.4 Å². The average molecular weight is 540 g/mol. The molecular formula is C29H34ClN3O5. The normalized spacial score (nSPS) is 13.3. The van der Waals surface area contributed by atoms with Gasteiger partial charge in [-0.3, -0.25) is 4.79 Å². The third kappa shape index (κ3) is 5.61. The number of piperazine rings is 1. The number of methoxy groups -OCH3 is 4. The molecule has 1 heterocycles. The lowest BCUT2D eigenvalue weighted by atomic mass is 9.95. The summed E-state index contributed by atoms with van der Waals surface area (Å²) in [5, 5.41) is 0.666. The number of rotatable bonds is 9. The predicted molar refractivity (Wildman–Crippen MR) is 150 cm³/mol. The van der Waals surface area contributed by atoms with Gasteiger partial charge in [0.05, 0.1) is 34.9 Å². The van der Waals surface area contributed by atoms with E-state index in [0.717, 1.165) is 27.9 Å². The number of nitrogens with two attached hydrogens (primary N) is 1. The van der Waals surface area contributed by atoms with Crippen molar-refractivity contribution in [2.24, 2.45) is 5.73 Å². The zero-order valence-corrected chi connectivity index (χ0v) is 23.0. The third-order valence-corrected chi connectivity index (χ3v) is 7.27. The Hall–Kier alpha value is -3.62. The first-order valence-electron chi connectivity index (χ1n) is 12.4. The number of anilines is 1. The molecule has 0 saturated carbocycles. The summed E-state index contributed by atoms with van der Waals surface area (Å²) in [6.45, 7) is 2.98. The molecule has 1 aliphatic heterocycles. The van der Waals surface area contributed by atoms with Crippen molar-refractivity contribution in [3.8, 4) is 34.1 Å². The van der Waals surface area contributed by atoms with Crippen LogP contribution in [-0.4, -0.2) is 65.4 Å². The monoisotopic (exact) mass is 539 g/mol. The van der Waals surface area contributed by atoms with E-state index in [2.05, 4.69) is 4.90 Å². The summed E-state index contributed by atoms with van der Waals surface area (Å²) in [7, 11) is 6.38. The van der Waals surface area contributed by atoms with Crippen LogP contribution < -0.4 is 29.6 Å². The minimum absolute atomic E-state index is 0.0451. The summed E-state index contributed by atoms with van der Waals surface area (Å²) in [6, 6.07) is 15.3. The number of carbonyl (C=O) groups is 1. The molecule has 3 aromatic carbocycles. The Bertz CT molecular complexity index is 1290. The zero-order chi connectivity index (χ0) is 27.2. The fourth-order valence-electron chi connectivity index (χ4n) is 4.86. The molecule has 3 aromatic rings. The van der Waals surface area contributed by atoms with Crippen LogP contribution in [0.3, 0.4) is 0 Å². The Morgan fingerprint density at radius 3 is 2.11 bits per heavy atom. The minimum atomic E-state index is 0.0451. The summed E-state index contributed by atoms with van der Waals surface area (Å²) in [4.78, 5) is 17.6. The average Bonchev–Trinajstić information content (AvgIpc) is 2.96. The molecule has 202 valence electrons. The highest BCUT2D eigenvalue weighted by Gasteiger charge is 2.25. The van der Waals surface area contributed by atoms with Crippen molar-refractivity contribution in [3.63, 3.8) is 0 Å². The molecule has 0 radical (unpaired) electrons. The molecule has 1 aliphatic rings. The van der Waals surface area contributed by atoms with E-state index in [-0.39, 0.29) is 12.3 Å². The maximum absolute atomic E-state index is 13.5. The molecule has 0 aromatic heterocycles. The van der Waals surface area contributed by atoms with Crippen LogP contribution in [0.5, 0.6) is 23.0 Å². The van der Waals surface area contributed by atoms with Crippen molar-refractivity contribution in [1.82, 2.24) is 4.90 Å². The highest BCUT2D eigenvalue weighted by molar-refractivity contribution is 6.31. The lowest BCUT2D eigenvalue weighted by Gasteiger charge is -2.37. The van der Waals surface area contributed by atoms with E-state index in [4.69, 9.17) is 36.3 Å². The molecule has 9 heteroatoms. The van der Waals surface area contributed by atoms with Crippen LogP contribution in [0.15, 0.2) is 48.5 Å². The second-order valence-electron chi connectivity index (χ2n) is 8.92. The quantitative estimate of drug-likeness (QED) is 0.431. The number of ether oxygens (including phenoxy) is 4. The fraction of sp³-hybridized carbons (Fsp3) is 0.345. The number of nitrogens with zero attached hydrogens (tertiary/aromatic N) is 2. The lowest BCUT2D eigenvalue weighted by molar-refractivity contribution is -0.130. The molecule has 1 saturated heterocycles. The number of benzene rings is 3. The van der Waals surface area contributed by atoms with Crippen LogP contribution in [0.1, 0.15) is 11.1 Å². The van der Waals surface area contributed by atoms with Gasteiger partial charge in [0.2, 0.25) is 5.91 Å². The molecule has 38 heavy (non-hydrogen) atoms. The summed E-state index contributed by atoms with van der Waals surface area (Å²) in [6.07, 6.45) is 0.218. The van der Waals surface area contributed by atoms with Crippen molar-refractivity contribution >= 4 is 23.2 Å². The van der Waals surface area contributed by atoms with E-state index in [1.807, 2.05) is 53.4 Å². The van der Waals surface area contributed by atoms with Crippen LogP contribution in [0.2, 0.25) is 5.02 Å². The first-order valence-corrected chi connectivity index (χ1v) is 12.8. The molecule has 0 spiro atoms. The van der Waals surface area contributed by atoms with Crippen molar-refractivity contribution in [1.29, 1.82) is 0 Å². The molecule has 8 nitrogen and oxygen atoms in total. The molecule has 1 fully saturated rings. The van der Waals surface area contributed by atoms with Crippen molar-refractivity contribution in [2.75, 3.05) is 59.5 Å². The Morgan fingerprint density at radius 2 is 1.47 bits per heavy atom. The van der Waals surface area contributed by atoms with E-state index in [0.29, 0.717) is 60.7 Å². The van der Waals surface area contributed by atoms with E-state index in [1.165, 1.54) is 0 Å². The largest absolute Gasteiger partial charge is 0.493 e. The molecule has 0 atom stereocenters. The molecule has 2 N–H and O–H groups in total. The molecule has 0 bridgehead atoms. The van der Waals surface area contributed by atoms with Gasteiger partial charge in [0.1, 0.15) is 0 Å². The Balaban J connectivity index is 1.57. The lowest BCUT2D eigenvalue weighted by Crippen LogP contribution is -2.49. The maximum Gasteiger partial charge on any atom is 0.227 e. The summed E-state index contributed by atoms with van der Waals surface area (Å²) in [5.74, 6) is 2.43. The number of hydrogen-bond acceptors (Lipinski definition) is 7. The van der Waals surface area contributed by atoms with Crippen molar-refractivity contribution in [3.05, 3.63) is 64.7 Å². The smallest absolute Gasteiger partial charge is 0.227 e. The van der Waals surface area contributed by atoms with Crippen LogP contribution in [-0.2, 0) is 17.8 Å². The zero-order valence-electron chi connectivity index (χ0n) is 22.3. The maximum atomic E-state index is 13.5. The van der Waals surface area contributed by atoms with Gasteiger partial charge >= 0.3 is 0 Å². The van der Waals surface area contributed by atoms with E-state index < -0.39 is 0 Å². The summed E-state index contributed by atoms with van der Waals surface area (Å²) in [5.41, 5.74) is 10.5. The van der Waals surface area contributed by atoms with Gasteiger partial charge in [-0.2, -0.15) is 0 Å². The highest BCUT2D eigenvalue weighted by atomic mass is 35.5. The summed E-state index contributed by atoms with van der Waals surface area (Å²) < 4.78 is 22.0. The Labute approximate surface area is 228 Å². The Morgan fingerprint density at radius 1 is 0.842 bits per heavy atom. The summed E-state index contributed by atoms with van der Waals surface area (Å²) >= 11 is 6.36. The molecule has 4 rings (SSSR count). The van der Waals surface area contributed by atoms with Crippen molar-refractivity contribution < 1.29 is 23.7 Å². The first kappa shape index (κ1) is 27.4. The van der Waals surface area contributed by atoms with Gasteiger partial charge in [-0.1, -0.05) is 23.7 Å². The van der Waals surface area contributed by atoms with Crippen LogP contribution in [0.25, 0.3) is 11.1 Å². The minimum Gasteiger partial charge on any atom is -0.493 e. The van der Waals surface area contributed by atoms with Crippen LogP contribution in [0, 0.1) is 0 Å². The molecule has 0 unspecified atom stereocenters. The Kier molecular flexibility index (Phi) is 8.86. The second kappa shape index (κ2) is 12.3. The van der Waals surface area contributed by atoms with Gasteiger partial charge in [-0.05, 0) is 53.1 Å². The molecular weight excluding hydrogens is 506 g/mol. The van der Waals surface area contributed by atoms with Gasteiger partial charge in [0.15, 0.2) is 23.0 Å². The number of hydrogen-bond donors (Lipinski definition) is 1. The SMILES string of the molecule is COc1ccc(-c2cc(OC)c(OC)cc2CC(=O)N2CCN(c3cccc(Cl)c3CN)CC2)cc1OC. The fourth-order valence-corrected chi connectivity index (χ4v) is 5.10. The van der Waals surface area contributed by atoms with E-state index in [9.17, 15) is 4.79 Å². The van der Waals surface area contributed by atoms with Gasteiger partial charge in [-0.15, -0.1) is 0 Å². The first-order chi connectivity index (χ1) is 18.4.